The highest BCUT2D eigenvalue weighted by atomic mass is 19.1. The molecule has 10 heteroatoms. The summed E-state index contributed by atoms with van der Waals surface area (Å²) in [6.45, 7) is 8.35. The lowest BCUT2D eigenvalue weighted by molar-refractivity contribution is -0.144. The number of ether oxygens (including phenoxy) is 1. The molecular formula is C27H33FN6O3. The third-order valence-corrected chi connectivity index (χ3v) is 6.03. The molecule has 37 heavy (non-hydrogen) atoms. The third-order valence-electron chi connectivity index (χ3n) is 6.03. The summed E-state index contributed by atoms with van der Waals surface area (Å²) >= 11 is 0. The van der Waals surface area contributed by atoms with Crippen molar-refractivity contribution in [3.63, 3.8) is 0 Å². The van der Waals surface area contributed by atoms with Crippen LogP contribution in [0.15, 0.2) is 48.5 Å². The van der Waals surface area contributed by atoms with Crippen molar-refractivity contribution in [3.05, 3.63) is 65.5 Å². The van der Waals surface area contributed by atoms with Crippen molar-refractivity contribution in [1.29, 1.82) is 0 Å². The highest BCUT2D eigenvalue weighted by Crippen LogP contribution is 2.26. The van der Waals surface area contributed by atoms with Crippen molar-refractivity contribution in [2.45, 2.75) is 64.8 Å². The van der Waals surface area contributed by atoms with E-state index in [1.165, 1.54) is 16.9 Å². The molecule has 2 heterocycles. The predicted octanol–water partition coefficient (Wildman–Crippen LogP) is 3.45. The van der Waals surface area contributed by atoms with Crippen molar-refractivity contribution in [2.24, 2.45) is 0 Å². The Morgan fingerprint density at radius 1 is 1.16 bits per heavy atom. The zero-order valence-electron chi connectivity index (χ0n) is 21.6. The molecule has 1 aromatic heterocycles. The average molecular weight is 509 g/mol. The maximum atomic E-state index is 13.8. The van der Waals surface area contributed by atoms with Crippen LogP contribution in [0.2, 0.25) is 0 Å². The first-order valence-corrected chi connectivity index (χ1v) is 12.4. The monoisotopic (exact) mass is 508 g/mol. The van der Waals surface area contributed by atoms with Crippen molar-refractivity contribution in [2.75, 3.05) is 13.2 Å². The Hall–Kier alpha value is -3.66. The summed E-state index contributed by atoms with van der Waals surface area (Å²) in [5.41, 5.74) is 1.85. The van der Waals surface area contributed by atoms with Crippen LogP contribution in [-0.2, 0) is 20.9 Å². The summed E-state index contributed by atoms with van der Waals surface area (Å²) in [5.74, 6) is -0.708. The normalized spacial score (nSPS) is 16.4. The van der Waals surface area contributed by atoms with Crippen molar-refractivity contribution in [3.8, 4) is 11.4 Å². The van der Waals surface area contributed by atoms with E-state index in [1.54, 1.807) is 17.0 Å². The van der Waals surface area contributed by atoms with E-state index >= 15 is 0 Å². The van der Waals surface area contributed by atoms with E-state index in [0.29, 0.717) is 17.7 Å². The van der Waals surface area contributed by atoms with Gasteiger partial charge in [-0.2, -0.15) is 4.80 Å². The molecule has 1 fully saturated rings. The number of nitrogens with zero attached hydrogens (tertiary/aromatic N) is 5. The molecule has 2 amide bonds. The van der Waals surface area contributed by atoms with E-state index < -0.39 is 11.6 Å². The summed E-state index contributed by atoms with van der Waals surface area (Å²) < 4.78 is 19.1. The maximum Gasteiger partial charge on any atom is 0.247 e. The molecule has 2 aromatic carbocycles. The van der Waals surface area contributed by atoms with Gasteiger partial charge in [0.1, 0.15) is 18.4 Å². The molecule has 1 aliphatic rings. The second-order valence-electron chi connectivity index (χ2n) is 10.4. The average Bonchev–Trinajstić information content (AvgIpc) is 3.51. The molecule has 1 saturated heterocycles. The highest BCUT2D eigenvalue weighted by Gasteiger charge is 2.35. The number of halogens is 1. The van der Waals surface area contributed by atoms with E-state index in [1.807, 2.05) is 52.0 Å². The summed E-state index contributed by atoms with van der Waals surface area (Å²) in [6, 6.07) is 12.5. The first-order valence-electron chi connectivity index (χ1n) is 12.4. The summed E-state index contributed by atoms with van der Waals surface area (Å²) in [4.78, 5) is 30.1. The minimum absolute atomic E-state index is 0.169. The Bertz CT molecular complexity index is 1210. The first-order chi connectivity index (χ1) is 17.6. The maximum absolute atomic E-state index is 13.8. The van der Waals surface area contributed by atoms with E-state index in [2.05, 4.69) is 20.7 Å². The molecule has 0 radical (unpaired) electrons. The van der Waals surface area contributed by atoms with Crippen LogP contribution in [0.3, 0.4) is 0 Å². The topological polar surface area (TPSA) is 102 Å². The number of hydrogen-bond acceptors (Lipinski definition) is 6. The van der Waals surface area contributed by atoms with Gasteiger partial charge in [0.05, 0.1) is 6.10 Å². The third kappa shape index (κ3) is 6.97. The van der Waals surface area contributed by atoms with Gasteiger partial charge in [-0.05, 0) is 75.6 Å². The van der Waals surface area contributed by atoms with Crippen LogP contribution < -0.4 is 5.32 Å². The van der Waals surface area contributed by atoms with Gasteiger partial charge in [-0.3, -0.25) is 9.59 Å². The van der Waals surface area contributed by atoms with Crippen LogP contribution in [0.4, 0.5) is 4.39 Å². The lowest BCUT2D eigenvalue weighted by atomic mass is 10.00. The molecule has 0 unspecified atom stereocenters. The van der Waals surface area contributed by atoms with Crippen LogP contribution in [0.1, 0.15) is 50.8 Å². The number of carbonyl (C=O) groups is 2. The molecule has 3 aromatic rings. The molecule has 0 saturated carbocycles. The van der Waals surface area contributed by atoms with Crippen molar-refractivity contribution in [1.82, 2.24) is 30.4 Å². The molecule has 0 aliphatic carbocycles. The standard InChI is InChI=1S/C27H33FN6O3/c1-18-7-9-19(10-8-18)24(26(36)29-27(2,3)4)33(16-22-6-5-15-37-22)23(35)17-34-31-25(30-32-34)20-11-13-21(28)14-12-20/h7-14,22,24H,5-6,15-17H2,1-4H3,(H,29,36)/t22-,24+/m1/s1. The predicted molar refractivity (Wildman–Crippen MR) is 136 cm³/mol. The molecule has 2 atom stereocenters. The largest absolute Gasteiger partial charge is 0.376 e. The zero-order chi connectivity index (χ0) is 26.6. The van der Waals surface area contributed by atoms with Gasteiger partial charge in [0.2, 0.25) is 17.6 Å². The van der Waals surface area contributed by atoms with Gasteiger partial charge in [-0.15, -0.1) is 10.2 Å². The number of tetrazole rings is 1. The molecule has 1 N–H and O–H groups in total. The van der Waals surface area contributed by atoms with E-state index in [0.717, 1.165) is 18.4 Å². The molecular weight excluding hydrogens is 475 g/mol. The Labute approximate surface area is 216 Å². The highest BCUT2D eigenvalue weighted by molar-refractivity contribution is 5.89. The summed E-state index contributed by atoms with van der Waals surface area (Å²) in [7, 11) is 0. The number of nitrogens with one attached hydrogen (secondary N) is 1. The van der Waals surface area contributed by atoms with Gasteiger partial charge in [-0.1, -0.05) is 29.8 Å². The fourth-order valence-electron chi connectivity index (χ4n) is 4.26. The van der Waals surface area contributed by atoms with Crippen molar-refractivity contribution < 1.29 is 18.7 Å². The molecule has 0 spiro atoms. The Balaban J connectivity index is 1.64. The lowest BCUT2D eigenvalue weighted by Crippen LogP contribution is -2.51. The number of amides is 2. The molecule has 0 bridgehead atoms. The molecule has 9 nitrogen and oxygen atoms in total. The van der Waals surface area contributed by atoms with Gasteiger partial charge < -0.3 is 15.0 Å². The fourth-order valence-corrected chi connectivity index (χ4v) is 4.26. The zero-order valence-corrected chi connectivity index (χ0v) is 21.6. The van der Waals surface area contributed by atoms with Crippen LogP contribution in [0, 0.1) is 12.7 Å². The van der Waals surface area contributed by atoms with Crippen molar-refractivity contribution >= 4 is 11.8 Å². The summed E-state index contributed by atoms with van der Waals surface area (Å²) in [5, 5.41) is 15.4. The number of carbonyl (C=O) groups excluding carboxylic acids is 2. The summed E-state index contributed by atoms with van der Waals surface area (Å²) in [6.07, 6.45) is 1.54. The number of hydrogen-bond donors (Lipinski definition) is 1. The lowest BCUT2D eigenvalue weighted by Gasteiger charge is -2.35. The van der Waals surface area contributed by atoms with Crippen LogP contribution in [0.25, 0.3) is 11.4 Å². The van der Waals surface area contributed by atoms with E-state index in [9.17, 15) is 14.0 Å². The number of aromatic nitrogens is 4. The second-order valence-corrected chi connectivity index (χ2v) is 10.4. The van der Waals surface area contributed by atoms with Gasteiger partial charge in [-0.25, -0.2) is 4.39 Å². The van der Waals surface area contributed by atoms with Gasteiger partial charge in [0.15, 0.2) is 0 Å². The Morgan fingerprint density at radius 3 is 2.49 bits per heavy atom. The molecule has 4 rings (SSSR count). The number of rotatable bonds is 8. The Kier molecular flexibility index (Phi) is 7.97. The molecule has 196 valence electrons. The smallest absolute Gasteiger partial charge is 0.247 e. The quantitative estimate of drug-likeness (QED) is 0.500. The number of benzene rings is 2. The van der Waals surface area contributed by atoms with Gasteiger partial charge in [0, 0.05) is 24.3 Å². The van der Waals surface area contributed by atoms with E-state index in [4.69, 9.17) is 4.74 Å². The Morgan fingerprint density at radius 2 is 1.86 bits per heavy atom. The number of aryl methyl sites for hydroxylation is 1. The van der Waals surface area contributed by atoms with Crippen LogP contribution in [-0.4, -0.2) is 61.7 Å². The molecule has 1 aliphatic heterocycles. The van der Waals surface area contributed by atoms with Crippen LogP contribution in [0.5, 0.6) is 0 Å². The van der Waals surface area contributed by atoms with Crippen LogP contribution >= 0.6 is 0 Å². The van der Waals surface area contributed by atoms with Gasteiger partial charge >= 0.3 is 0 Å². The SMILES string of the molecule is Cc1ccc([C@@H](C(=O)NC(C)(C)C)N(C[C@H]2CCCO2)C(=O)Cn2nnc(-c3ccc(F)cc3)n2)cc1. The first kappa shape index (κ1) is 26.4. The van der Waals surface area contributed by atoms with Gasteiger partial charge in [0.25, 0.3) is 0 Å². The minimum atomic E-state index is -0.864. The second kappa shape index (κ2) is 11.2. The van der Waals surface area contributed by atoms with E-state index in [-0.39, 0.29) is 42.6 Å². The minimum Gasteiger partial charge on any atom is -0.376 e. The fraction of sp³-hybridized carbons (Fsp3) is 0.444.